The van der Waals surface area contributed by atoms with Crippen LogP contribution >= 0.6 is 12.4 Å². The molecule has 1 aliphatic heterocycles. The number of benzene rings is 2. The van der Waals surface area contributed by atoms with Gasteiger partial charge in [-0.05, 0) is 37.1 Å². The quantitative estimate of drug-likeness (QED) is 0.323. The van der Waals surface area contributed by atoms with E-state index in [1.54, 1.807) is 35.1 Å². The number of ether oxygens (including phenoxy) is 1. The number of nitrogens with one attached hydrogen (secondary N) is 2. The maximum absolute atomic E-state index is 14.8. The number of piperidine rings is 1. The monoisotopic (exact) mass is 547 g/mol. The highest BCUT2D eigenvalue weighted by molar-refractivity contribution is 7.87. The van der Waals surface area contributed by atoms with Gasteiger partial charge in [0.25, 0.3) is 10.2 Å². The molecular weight excluding hydrogens is 521 g/mol. The van der Waals surface area contributed by atoms with E-state index >= 15 is 0 Å². The molecule has 0 saturated carbocycles. The highest BCUT2D eigenvalue weighted by Crippen LogP contribution is 2.35. The number of imidazole rings is 1. The highest BCUT2D eigenvalue weighted by atomic mass is 35.5. The first-order valence-electron chi connectivity index (χ1n) is 11.4. The molecular formula is C24H27ClFN7O3S. The van der Waals surface area contributed by atoms with E-state index in [-0.39, 0.29) is 24.0 Å². The highest BCUT2D eigenvalue weighted by Gasteiger charge is 2.24. The van der Waals surface area contributed by atoms with Crippen LogP contribution < -0.4 is 24.8 Å². The standard InChI is InChI=1S/C24H26FN7O3S.ClH/c1-35-21-8-4-5-17(25)22(21)19-15-32-14-11-27-24(32)23(29-19)28-18-6-2-3-7-20(18)31-12-9-16(10-13-31)30-36(26,33)34;/h2-8,11,14-16,30H,9-10,12-13H2,1H3,(H,28,29)(H2,26,33,34);1H. The molecule has 1 fully saturated rings. The molecule has 0 amide bonds. The summed E-state index contributed by atoms with van der Waals surface area (Å²) in [4.78, 5) is 11.3. The van der Waals surface area contributed by atoms with Gasteiger partial charge in [0, 0.05) is 37.7 Å². The fourth-order valence-corrected chi connectivity index (χ4v) is 5.21. The first-order valence-corrected chi connectivity index (χ1v) is 12.9. The predicted octanol–water partition coefficient (Wildman–Crippen LogP) is 3.47. The Labute approximate surface area is 220 Å². The molecule has 1 aliphatic rings. The molecule has 37 heavy (non-hydrogen) atoms. The van der Waals surface area contributed by atoms with Crippen LogP contribution in [-0.2, 0) is 10.2 Å². The number of hydrogen-bond acceptors (Lipinski definition) is 7. The summed E-state index contributed by atoms with van der Waals surface area (Å²) >= 11 is 0. The summed E-state index contributed by atoms with van der Waals surface area (Å²) in [5.41, 5.74) is 2.97. The average molecular weight is 548 g/mol. The molecule has 2 aromatic heterocycles. The van der Waals surface area contributed by atoms with Crippen molar-refractivity contribution in [3.63, 3.8) is 0 Å². The maximum Gasteiger partial charge on any atom is 0.274 e. The first kappa shape index (κ1) is 26.6. The lowest BCUT2D eigenvalue weighted by atomic mass is 10.0. The Morgan fingerprint density at radius 3 is 2.62 bits per heavy atom. The largest absolute Gasteiger partial charge is 0.496 e. The summed E-state index contributed by atoms with van der Waals surface area (Å²) in [5, 5.41) is 8.52. The Balaban J connectivity index is 0.00000320. The average Bonchev–Trinajstić information content (AvgIpc) is 3.33. The van der Waals surface area contributed by atoms with Gasteiger partial charge in [0.05, 0.1) is 29.7 Å². The summed E-state index contributed by atoms with van der Waals surface area (Å²) in [6.45, 7) is 1.29. The Morgan fingerprint density at radius 2 is 1.89 bits per heavy atom. The number of rotatable bonds is 7. The van der Waals surface area contributed by atoms with Crippen LogP contribution in [0.5, 0.6) is 5.75 Å². The van der Waals surface area contributed by atoms with Crippen LogP contribution in [0.1, 0.15) is 12.8 Å². The predicted molar refractivity (Wildman–Crippen MR) is 143 cm³/mol. The topological polar surface area (TPSA) is 127 Å². The second-order valence-electron chi connectivity index (χ2n) is 8.52. The fraction of sp³-hybridized carbons (Fsp3) is 0.250. The van der Waals surface area contributed by atoms with Crippen LogP contribution in [0.2, 0.25) is 0 Å². The van der Waals surface area contributed by atoms with E-state index in [9.17, 15) is 12.8 Å². The van der Waals surface area contributed by atoms with Crippen molar-refractivity contribution >= 4 is 45.5 Å². The van der Waals surface area contributed by atoms with E-state index < -0.39 is 16.0 Å². The third-order valence-corrected chi connectivity index (χ3v) is 6.81. The maximum atomic E-state index is 14.8. The van der Waals surface area contributed by atoms with Crippen molar-refractivity contribution in [2.75, 3.05) is 30.4 Å². The SMILES string of the molecule is COc1cccc(F)c1-c1cn2ccnc2c(Nc2ccccc2N2CCC(NS(N)(=O)=O)CC2)n1.Cl. The molecule has 13 heteroatoms. The first-order chi connectivity index (χ1) is 17.3. The van der Waals surface area contributed by atoms with Crippen molar-refractivity contribution < 1.29 is 17.5 Å². The molecule has 0 radical (unpaired) electrons. The van der Waals surface area contributed by atoms with Crippen LogP contribution in [0.4, 0.5) is 21.6 Å². The van der Waals surface area contributed by atoms with Crippen LogP contribution in [0.15, 0.2) is 61.1 Å². The minimum atomic E-state index is -3.74. The van der Waals surface area contributed by atoms with Gasteiger partial charge in [0.1, 0.15) is 11.6 Å². The molecule has 196 valence electrons. The molecule has 0 aliphatic carbocycles. The number of aromatic nitrogens is 3. The third-order valence-electron chi connectivity index (χ3n) is 6.15. The lowest BCUT2D eigenvalue weighted by Crippen LogP contribution is -2.46. The molecule has 10 nitrogen and oxygen atoms in total. The lowest BCUT2D eigenvalue weighted by molar-refractivity contribution is 0.413. The second-order valence-corrected chi connectivity index (χ2v) is 9.84. The summed E-state index contributed by atoms with van der Waals surface area (Å²) < 4.78 is 47.2. The van der Waals surface area contributed by atoms with Crippen molar-refractivity contribution in [3.05, 3.63) is 66.9 Å². The zero-order valence-corrected chi connectivity index (χ0v) is 21.6. The van der Waals surface area contributed by atoms with Crippen LogP contribution in [0.3, 0.4) is 0 Å². The fourth-order valence-electron chi connectivity index (χ4n) is 4.51. The molecule has 0 unspecified atom stereocenters. The van der Waals surface area contributed by atoms with Crippen LogP contribution in [0, 0.1) is 5.82 Å². The van der Waals surface area contributed by atoms with E-state index in [0.717, 1.165) is 11.4 Å². The molecule has 0 atom stereocenters. The van der Waals surface area contributed by atoms with Gasteiger partial charge in [-0.1, -0.05) is 18.2 Å². The Kier molecular flexibility index (Phi) is 7.83. The number of fused-ring (bicyclic) bond motifs is 1. The minimum absolute atomic E-state index is 0. The normalized spacial score (nSPS) is 14.4. The van der Waals surface area contributed by atoms with Gasteiger partial charge in [-0.15, -0.1) is 12.4 Å². The Hall–Kier alpha value is -3.45. The summed E-state index contributed by atoms with van der Waals surface area (Å²) in [5.74, 6) is 0.397. The summed E-state index contributed by atoms with van der Waals surface area (Å²) in [7, 11) is -2.25. The smallest absolute Gasteiger partial charge is 0.274 e. The molecule has 1 saturated heterocycles. The van der Waals surface area contributed by atoms with Gasteiger partial charge in [0.2, 0.25) is 0 Å². The number of para-hydroxylation sites is 2. The number of hydrogen-bond donors (Lipinski definition) is 3. The molecule has 4 N–H and O–H groups in total. The van der Waals surface area contributed by atoms with Gasteiger partial charge in [-0.2, -0.15) is 13.1 Å². The summed E-state index contributed by atoms with van der Waals surface area (Å²) in [6, 6.07) is 12.2. The van der Waals surface area contributed by atoms with Gasteiger partial charge in [0.15, 0.2) is 11.5 Å². The van der Waals surface area contributed by atoms with E-state index in [1.165, 1.54) is 13.2 Å². The molecule has 2 aromatic carbocycles. The van der Waals surface area contributed by atoms with E-state index in [0.29, 0.717) is 48.8 Å². The van der Waals surface area contributed by atoms with Crippen molar-refractivity contribution in [2.24, 2.45) is 5.14 Å². The van der Waals surface area contributed by atoms with Crippen LogP contribution in [-0.4, -0.2) is 49.0 Å². The van der Waals surface area contributed by atoms with Crippen LogP contribution in [0.25, 0.3) is 16.9 Å². The van der Waals surface area contributed by atoms with Crippen molar-refractivity contribution in [2.45, 2.75) is 18.9 Å². The van der Waals surface area contributed by atoms with Crippen molar-refractivity contribution in [1.29, 1.82) is 0 Å². The zero-order chi connectivity index (χ0) is 25.3. The van der Waals surface area contributed by atoms with Crippen molar-refractivity contribution in [1.82, 2.24) is 19.1 Å². The van der Waals surface area contributed by atoms with E-state index in [2.05, 4.69) is 19.9 Å². The minimum Gasteiger partial charge on any atom is -0.496 e. The number of nitrogens with two attached hydrogens (primary N) is 1. The van der Waals surface area contributed by atoms with Gasteiger partial charge >= 0.3 is 0 Å². The molecule has 0 spiro atoms. The molecule has 3 heterocycles. The number of anilines is 3. The van der Waals surface area contributed by atoms with Gasteiger partial charge in [-0.25, -0.2) is 19.5 Å². The molecule has 4 aromatic rings. The summed E-state index contributed by atoms with van der Waals surface area (Å²) in [6.07, 6.45) is 6.38. The number of halogens is 2. The number of nitrogens with zero attached hydrogens (tertiary/aromatic N) is 4. The Bertz CT molecular complexity index is 1510. The molecule has 0 bridgehead atoms. The third kappa shape index (κ3) is 5.77. The zero-order valence-electron chi connectivity index (χ0n) is 20.0. The van der Waals surface area contributed by atoms with E-state index in [4.69, 9.17) is 14.9 Å². The lowest BCUT2D eigenvalue weighted by Gasteiger charge is -2.34. The molecule has 5 rings (SSSR count). The van der Waals surface area contributed by atoms with Gasteiger partial charge < -0.3 is 19.4 Å². The van der Waals surface area contributed by atoms with Crippen molar-refractivity contribution in [3.8, 4) is 17.0 Å². The Morgan fingerprint density at radius 1 is 1.14 bits per heavy atom. The van der Waals surface area contributed by atoms with E-state index in [1.807, 2.05) is 24.3 Å². The second kappa shape index (κ2) is 10.9. The van der Waals surface area contributed by atoms with Gasteiger partial charge in [-0.3, -0.25) is 0 Å². The number of methoxy groups -OCH3 is 1.